The molecule has 156 valence electrons. The van der Waals surface area contributed by atoms with Crippen molar-refractivity contribution in [2.45, 2.75) is 115 Å². The molecule has 0 aromatic heterocycles. The SMILES string of the molecule is CC(C)(C)OC(=O)N1C(C2CC2)C(O[Si](C)(C)C(C)(C)C)CC1(O)C1CC1. The normalized spacial score (nSPS) is 32.7. The number of ether oxygens (including phenoxy) is 1. The molecule has 5 nitrogen and oxygen atoms in total. The quantitative estimate of drug-likeness (QED) is 0.686. The Morgan fingerprint density at radius 3 is 2.04 bits per heavy atom. The number of nitrogens with zero attached hydrogens (tertiary/aromatic N) is 1. The summed E-state index contributed by atoms with van der Waals surface area (Å²) < 4.78 is 12.5. The maximum Gasteiger partial charge on any atom is 0.412 e. The van der Waals surface area contributed by atoms with E-state index in [0.717, 1.165) is 25.7 Å². The Morgan fingerprint density at radius 2 is 1.63 bits per heavy atom. The number of carbonyl (C=O) groups is 1. The highest BCUT2D eigenvalue weighted by Crippen LogP contribution is 2.55. The maximum atomic E-state index is 13.2. The molecule has 3 atom stereocenters. The third-order valence-electron chi connectivity index (χ3n) is 6.78. The number of aliphatic hydroxyl groups is 1. The lowest BCUT2D eigenvalue weighted by atomic mass is 10.0. The van der Waals surface area contributed by atoms with E-state index < -0.39 is 19.6 Å². The molecule has 1 saturated heterocycles. The van der Waals surface area contributed by atoms with Crippen LogP contribution in [0.1, 0.15) is 73.6 Å². The van der Waals surface area contributed by atoms with Crippen LogP contribution in [-0.2, 0) is 9.16 Å². The molecule has 0 spiro atoms. The lowest BCUT2D eigenvalue weighted by molar-refractivity contribution is -0.111. The second-order valence-corrected chi connectivity index (χ2v) is 16.2. The van der Waals surface area contributed by atoms with E-state index in [1.807, 2.05) is 20.8 Å². The highest BCUT2D eigenvalue weighted by Gasteiger charge is 2.64. The van der Waals surface area contributed by atoms with Crippen molar-refractivity contribution in [2.75, 3.05) is 0 Å². The zero-order valence-corrected chi connectivity index (χ0v) is 19.5. The van der Waals surface area contributed by atoms with Gasteiger partial charge in [-0.15, -0.1) is 0 Å². The van der Waals surface area contributed by atoms with Gasteiger partial charge in [-0.3, -0.25) is 4.90 Å². The van der Waals surface area contributed by atoms with Gasteiger partial charge in [0.15, 0.2) is 8.32 Å². The Hall–Kier alpha value is -0.593. The molecule has 1 N–H and O–H groups in total. The van der Waals surface area contributed by atoms with Crippen molar-refractivity contribution in [3.8, 4) is 0 Å². The van der Waals surface area contributed by atoms with Crippen LogP contribution in [0, 0.1) is 11.8 Å². The van der Waals surface area contributed by atoms with Gasteiger partial charge in [-0.1, -0.05) is 20.8 Å². The first-order valence-corrected chi connectivity index (χ1v) is 13.5. The van der Waals surface area contributed by atoms with Crippen molar-refractivity contribution in [2.24, 2.45) is 11.8 Å². The van der Waals surface area contributed by atoms with Gasteiger partial charge in [0, 0.05) is 12.3 Å². The molecule has 3 fully saturated rings. The maximum absolute atomic E-state index is 13.2. The highest BCUT2D eigenvalue weighted by molar-refractivity contribution is 6.74. The molecule has 3 aliphatic rings. The zero-order valence-electron chi connectivity index (χ0n) is 18.5. The predicted octanol–water partition coefficient (Wildman–Crippen LogP) is 4.89. The first-order chi connectivity index (χ1) is 12.2. The van der Waals surface area contributed by atoms with E-state index >= 15 is 0 Å². The molecule has 0 radical (unpaired) electrons. The predicted molar refractivity (Wildman–Crippen MR) is 109 cm³/mol. The number of carbonyl (C=O) groups excluding carboxylic acids is 1. The van der Waals surface area contributed by atoms with E-state index in [2.05, 4.69) is 33.9 Å². The van der Waals surface area contributed by atoms with Crippen molar-refractivity contribution < 1.29 is 19.1 Å². The van der Waals surface area contributed by atoms with Crippen molar-refractivity contribution in [3.05, 3.63) is 0 Å². The van der Waals surface area contributed by atoms with E-state index in [1.165, 1.54) is 0 Å². The fourth-order valence-corrected chi connectivity index (χ4v) is 5.39. The molecular formula is C21H39NO4Si. The van der Waals surface area contributed by atoms with Gasteiger partial charge >= 0.3 is 6.09 Å². The largest absolute Gasteiger partial charge is 0.444 e. The van der Waals surface area contributed by atoms with Gasteiger partial charge in [-0.05, 0) is 70.5 Å². The van der Waals surface area contributed by atoms with Gasteiger partial charge < -0.3 is 14.3 Å². The van der Waals surface area contributed by atoms with E-state index in [1.54, 1.807) is 4.90 Å². The summed E-state index contributed by atoms with van der Waals surface area (Å²) in [5.74, 6) is 0.569. The summed E-state index contributed by atoms with van der Waals surface area (Å²) in [6, 6.07) is -0.0698. The molecule has 0 aromatic carbocycles. The van der Waals surface area contributed by atoms with E-state index in [4.69, 9.17) is 9.16 Å². The van der Waals surface area contributed by atoms with Crippen molar-refractivity contribution in [1.82, 2.24) is 4.90 Å². The third-order valence-corrected chi connectivity index (χ3v) is 11.3. The Balaban J connectivity index is 1.91. The van der Waals surface area contributed by atoms with Crippen LogP contribution in [-0.4, -0.2) is 47.9 Å². The molecule has 1 amide bonds. The van der Waals surface area contributed by atoms with Gasteiger partial charge in [-0.25, -0.2) is 4.79 Å². The van der Waals surface area contributed by atoms with Crippen molar-refractivity contribution in [1.29, 1.82) is 0 Å². The minimum absolute atomic E-state index is 0.0698. The molecule has 0 bridgehead atoms. The number of hydrogen-bond donors (Lipinski definition) is 1. The molecule has 6 heteroatoms. The average molecular weight is 398 g/mol. The summed E-state index contributed by atoms with van der Waals surface area (Å²) in [5, 5.41) is 11.7. The second kappa shape index (κ2) is 6.46. The number of rotatable bonds is 4. The fourth-order valence-electron chi connectivity index (χ4n) is 4.06. The molecular weight excluding hydrogens is 358 g/mol. The van der Waals surface area contributed by atoms with Crippen molar-refractivity contribution in [3.63, 3.8) is 0 Å². The van der Waals surface area contributed by atoms with Crippen LogP contribution < -0.4 is 0 Å². The Kier molecular flexibility index (Phi) is 5.05. The van der Waals surface area contributed by atoms with Gasteiger partial charge in [0.2, 0.25) is 0 Å². The summed E-state index contributed by atoms with van der Waals surface area (Å²) in [7, 11) is -2.01. The molecule has 3 rings (SSSR count). The zero-order chi connectivity index (χ0) is 20.4. The molecule has 0 aromatic rings. The minimum atomic E-state index is -2.01. The van der Waals surface area contributed by atoms with E-state index in [0.29, 0.717) is 12.3 Å². The molecule has 2 saturated carbocycles. The summed E-state index contributed by atoms with van der Waals surface area (Å²) in [6.07, 6.45) is 4.18. The minimum Gasteiger partial charge on any atom is -0.444 e. The van der Waals surface area contributed by atoms with Crippen LogP contribution in [0.5, 0.6) is 0 Å². The van der Waals surface area contributed by atoms with Crippen LogP contribution in [0.15, 0.2) is 0 Å². The first-order valence-electron chi connectivity index (χ1n) is 10.6. The van der Waals surface area contributed by atoms with Crippen LogP contribution in [0.2, 0.25) is 18.1 Å². The monoisotopic (exact) mass is 397 g/mol. The van der Waals surface area contributed by atoms with Crippen LogP contribution in [0.25, 0.3) is 0 Å². The lowest BCUT2D eigenvalue weighted by Gasteiger charge is -2.41. The van der Waals surface area contributed by atoms with Gasteiger partial charge in [0.1, 0.15) is 11.3 Å². The standard InChI is InChI=1S/C21H39NO4Si/c1-19(2,3)25-18(23)22-17(14-9-10-14)16(13-21(22,24)15-11-12-15)26-27(7,8)20(4,5)6/h14-17,24H,9-13H2,1-8H3. The average Bonchev–Trinajstić information content (AvgIpc) is 3.31. The fraction of sp³-hybridized carbons (Fsp3) is 0.952. The Bertz CT molecular complexity index is 586. The van der Waals surface area contributed by atoms with Gasteiger partial charge in [-0.2, -0.15) is 0 Å². The van der Waals surface area contributed by atoms with Crippen LogP contribution >= 0.6 is 0 Å². The molecule has 2 aliphatic carbocycles. The summed E-state index contributed by atoms with van der Waals surface area (Å²) >= 11 is 0. The molecule has 1 aliphatic heterocycles. The van der Waals surface area contributed by atoms with Gasteiger partial charge in [0.25, 0.3) is 0 Å². The van der Waals surface area contributed by atoms with Crippen LogP contribution in [0.3, 0.4) is 0 Å². The number of hydrogen-bond acceptors (Lipinski definition) is 4. The Labute approximate surface area is 165 Å². The van der Waals surface area contributed by atoms with E-state index in [-0.39, 0.29) is 29.2 Å². The number of amides is 1. The summed E-state index contributed by atoms with van der Waals surface area (Å²) in [6.45, 7) is 16.9. The van der Waals surface area contributed by atoms with Gasteiger partial charge in [0.05, 0.1) is 12.1 Å². The highest BCUT2D eigenvalue weighted by atomic mass is 28.4. The molecule has 27 heavy (non-hydrogen) atoms. The van der Waals surface area contributed by atoms with E-state index in [9.17, 15) is 9.90 Å². The molecule has 3 unspecified atom stereocenters. The van der Waals surface area contributed by atoms with Crippen molar-refractivity contribution >= 4 is 14.4 Å². The molecule has 1 heterocycles. The smallest absolute Gasteiger partial charge is 0.412 e. The summed E-state index contributed by atoms with van der Waals surface area (Å²) in [5.41, 5.74) is -1.70. The third kappa shape index (κ3) is 4.22. The Morgan fingerprint density at radius 1 is 1.07 bits per heavy atom. The number of likely N-dealkylation sites (tertiary alicyclic amines) is 1. The lowest BCUT2D eigenvalue weighted by Crippen LogP contribution is -2.55. The van der Waals surface area contributed by atoms with Crippen LogP contribution in [0.4, 0.5) is 4.79 Å². The summed E-state index contributed by atoms with van der Waals surface area (Å²) in [4.78, 5) is 14.9. The topological polar surface area (TPSA) is 59.0 Å². The first kappa shape index (κ1) is 21.1. The second-order valence-electron chi connectivity index (χ2n) is 11.5.